The van der Waals surface area contributed by atoms with Gasteiger partial charge in [0.05, 0.1) is 29.2 Å². The van der Waals surface area contributed by atoms with E-state index in [-0.39, 0.29) is 11.5 Å². The van der Waals surface area contributed by atoms with Crippen LogP contribution in [0.3, 0.4) is 0 Å². The van der Waals surface area contributed by atoms with Gasteiger partial charge < -0.3 is 9.73 Å². The fourth-order valence-corrected chi connectivity index (χ4v) is 3.69. The van der Waals surface area contributed by atoms with E-state index in [1.165, 1.54) is 12.1 Å². The summed E-state index contributed by atoms with van der Waals surface area (Å²) in [6.45, 7) is 3.47. The van der Waals surface area contributed by atoms with Gasteiger partial charge in [0, 0.05) is 34.3 Å². The van der Waals surface area contributed by atoms with Crippen LogP contribution in [0.4, 0.5) is 5.69 Å². The standard InChI is InChI=1S/C25H17N3O3/c1-2-23(29)27-19-4-3-5-20(13-19)28-24(30)9-7-17-14-26-22-8-6-16(12-21(22)25(17)28)18-10-11-31-15-18/h2-15H,1H2,(H,27,29). The third kappa shape index (κ3) is 3.30. The molecule has 1 N–H and O–H groups in total. The van der Waals surface area contributed by atoms with Crippen molar-refractivity contribution in [2.75, 3.05) is 5.32 Å². The third-order valence-corrected chi connectivity index (χ3v) is 5.13. The van der Waals surface area contributed by atoms with Gasteiger partial charge in [0.1, 0.15) is 0 Å². The van der Waals surface area contributed by atoms with Gasteiger partial charge in [0.25, 0.3) is 5.56 Å². The van der Waals surface area contributed by atoms with Crippen molar-refractivity contribution in [3.05, 3.63) is 102 Å². The number of benzene rings is 2. The van der Waals surface area contributed by atoms with E-state index < -0.39 is 0 Å². The van der Waals surface area contributed by atoms with Crippen molar-refractivity contribution in [2.24, 2.45) is 0 Å². The minimum atomic E-state index is -0.318. The summed E-state index contributed by atoms with van der Waals surface area (Å²) < 4.78 is 6.86. The minimum absolute atomic E-state index is 0.180. The molecule has 150 valence electrons. The number of carbonyl (C=O) groups is 1. The molecule has 0 aliphatic carbocycles. The van der Waals surface area contributed by atoms with E-state index in [2.05, 4.69) is 16.9 Å². The number of anilines is 1. The number of fused-ring (bicyclic) bond motifs is 3. The number of hydrogen-bond acceptors (Lipinski definition) is 4. The number of pyridine rings is 2. The molecule has 0 spiro atoms. The number of carbonyl (C=O) groups excluding carboxylic acids is 1. The molecule has 5 aromatic rings. The summed E-state index contributed by atoms with van der Waals surface area (Å²) in [5.74, 6) is -0.318. The predicted molar refractivity (Wildman–Crippen MR) is 121 cm³/mol. The van der Waals surface area contributed by atoms with Gasteiger partial charge in [-0.3, -0.25) is 19.1 Å². The molecule has 0 saturated heterocycles. The van der Waals surface area contributed by atoms with E-state index in [1.807, 2.05) is 30.3 Å². The molecule has 6 heteroatoms. The zero-order valence-corrected chi connectivity index (χ0v) is 16.4. The number of aromatic nitrogens is 2. The molecule has 1 amide bonds. The van der Waals surface area contributed by atoms with Gasteiger partial charge in [-0.2, -0.15) is 0 Å². The quantitative estimate of drug-likeness (QED) is 0.339. The van der Waals surface area contributed by atoms with Crippen LogP contribution in [-0.4, -0.2) is 15.5 Å². The molecule has 31 heavy (non-hydrogen) atoms. The highest BCUT2D eigenvalue weighted by molar-refractivity contribution is 6.05. The molecule has 0 aliphatic heterocycles. The summed E-state index contributed by atoms with van der Waals surface area (Å²) in [5, 5.41) is 4.41. The number of nitrogens with one attached hydrogen (secondary N) is 1. The number of furan rings is 1. The van der Waals surface area contributed by atoms with Gasteiger partial charge in [0.15, 0.2) is 0 Å². The molecule has 0 aliphatic rings. The lowest BCUT2D eigenvalue weighted by Gasteiger charge is -2.14. The van der Waals surface area contributed by atoms with E-state index in [4.69, 9.17) is 4.42 Å². The van der Waals surface area contributed by atoms with Crippen LogP contribution in [0.5, 0.6) is 0 Å². The Kier molecular flexibility index (Phi) is 4.45. The predicted octanol–water partition coefficient (Wildman–Crippen LogP) is 4.92. The molecule has 6 nitrogen and oxygen atoms in total. The summed E-state index contributed by atoms with van der Waals surface area (Å²) in [4.78, 5) is 29.3. The fraction of sp³-hybridized carbons (Fsp3) is 0. The van der Waals surface area contributed by atoms with Crippen molar-refractivity contribution in [3.63, 3.8) is 0 Å². The van der Waals surface area contributed by atoms with Gasteiger partial charge >= 0.3 is 0 Å². The number of rotatable bonds is 4. The third-order valence-electron chi connectivity index (χ3n) is 5.13. The molecule has 0 saturated carbocycles. The Morgan fingerprint density at radius 1 is 1.06 bits per heavy atom. The Bertz CT molecular complexity index is 1510. The molecular weight excluding hydrogens is 390 g/mol. The number of amides is 1. The lowest BCUT2D eigenvalue weighted by atomic mass is 10.0. The van der Waals surface area contributed by atoms with Crippen molar-refractivity contribution in [3.8, 4) is 16.8 Å². The Labute approximate surface area is 177 Å². The Hall–Kier alpha value is -4.45. The molecule has 0 unspecified atom stereocenters. The van der Waals surface area contributed by atoms with Gasteiger partial charge in [-0.05, 0) is 54.1 Å². The Morgan fingerprint density at radius 2 is 1.97 bits per heavy atom. The van der Waals surface area contributed by atoms with Crippen LogP contribution in [0.1, 0.15) is 0 Å². The maximum absolute atomic E-state index is 13.0. The molecule has 0 bridgehead atoms. The van der Waals surface area contributed by atoms with Crippen LogP contribution in [-0.2, 0) is 4.79 Å². The van der Waals surface area contributed by atoms with Gasteiger partial charge in [-0.25, -0.2) is 0 Å². The Morgan fingerprint density at radius 3 is 2.77 bits per heavy atom. The zero-order valence-electron chi connectivity index (χ0n) is 16.4. The highest BCUT2D eigenvalue weighted by Crippen LogP contribution is 2.30. The van der Waals surface area contributed by atoms with Crippen molar-refractivity contribution >= 4 is 33.4 Å². The maximum Gasteiger partial charge on any atom is 0.255 e. The summed E-state index contributed by atoms with van der Waals surface area (Å²) in [6, 6.07) is 18.2. The first-order chi connectivity index (χ1) is 15.1. The van der Waals surface area contributed by atoms with Crippen LogP contribution < -0.4 is 10.9 Å². The van der Waals surface area contributed by atoms with Gasteiger partial charge in [-0.1, -0.05) is 18.7 Å². The number of hydrogen-bond donors (Lipinski definition) is 1. The molecule has 3 aromatic heterocycles. The summed E-state index contributed by atoms with van der Waals surface area (Å²) >= 11 is 0. The molecular formula is C25H17N3O3. The van der Waals surface area contributed by atoms with E-state index in [9.17, 15) is 9.59 Å². The second-order valence-electron chi connectivity index (χ2n) is 7.06. The SMILES string of the molecule is C=CC(=O)Nc1cccc(-n2c(=O)ccc3cnc4ccc(-c5ccoc5)cc4c32)c1. The first kappa shape index (κ1) is 18.6. The number of nitrogens with zero attached hydrogens (tertiary/aromatic N) is 2. The zero-order chi connectivity index (χ0) is 21.4. The van der Waals surface area contributed by atoms with Crippen LogP contribution >= 0.6 is 0 Å². The lowest BCUT2D eigenvalue weighted by Crippen LogP contribution is -2.18. The monoisotopic (exact) mass is 407 g/mol. The molecule has 0 radical (unpaired) electrons. The molecule has 5 rings (SSSR count). The van der Waals surface area contributed by atoms with Crippen molar-refractivity contribution in [1.29, 1.82) is 0 Å². The van der Waals surface area contributed by atoms with Gasteiger partial charge in [0.2, 0.25) is 5.91 Å². The van der Waals surface area contributed by atoms with E-state index in [1.54, 1.807) is 47.6 Å². The van der Waals surface area contributed by atoms with E-state index in [0.29, 0.717) is 11.4 Å². The average Bonchev–Trinajstić information content (AvgIpc) is 3.33. The molecule has 0 atom stereocenters. The fourth-order valence-electron chi connectivity index (χ4n) is 3.69. The molecule has 2 aromatic carbocycles. The normalized spacial score (nSPS) is 11.0. The van der Waals surface area contributed by atoms with Crippen LogP contribution in [0.2, 0.25) is 0 Å². The van der Waals surface area contributed by atoms with Gasteiger partial charge in [-0.15, -0.1) is 0 Å². The maximum atomic E-state index is 13.0. The highest BCUT2D eigenvalue weighted by Gasteiger charge is 2.12. The van der Waals surface area contributed by atoms with E-state index in [0.717, 1.165) is 32.9 Å². The van der Waals surface area contributed by atoms with Crippen LogP contribution in [0, 0.1) is 0 Å². The lowest BCUT2D eigenvalue weighted by molar-refractivity contribution is -0.111. The molecule has 0 fully saturated rings. The second-order valence-corrected chi connectivity index (χ2v) is 7.06. The summed E-state index contributed by atoms with van der Waals surface area (Å²) in [7, 11) is 0. The minimum Gasteiger partial charge on any atom is -0.472 e. The second kappa shape index (κ2) is 7.42. The summed E-state index contributed by atoms with van der Waals surface area (Å²) in [5.41, 5.74) is 4.46. The first-order valence-electron chi connectivity index (χ1n) is 9.65. The van der Waals surface area contributed by atoms with Crippen molar-refractivity contribution < 1.29 is 9.21 Å². The topological polar surface area (TPSA) is 77.1 Å². The van der Waals surface area contributed by atoms with Crippen molar-refractivity contribution in [2.45, 2.75) is 0 Å². The smallest absolute Gasteiger partial charge is 0.255 e. The van der Waals surface area contributed by atoms with E-state index >= 15 is 0 Å². The van der Waals surface area contributed by atoms with Crippen LogP contribution in [0.25, 0.3) is 38.6 Å². The van der Waals surface area contributed by atoms with Crippen LogP contribution in [0.15, 0.2) is 101 Å². The largest absolute Gasteiger partial charge is 0.472 e. The summed E-state index contributed by atoms with van der Waals surface area (Å²) in [6.07, 6.45) is 6.26. The Balaban J connectivity index is 1.80. The average molecular weight is 407 g/mol. The highest BCUT2D eigenvalue weighted by atomic mass is 16.3. The first-order valence-corrected chi connectivity index (χ1v) is 9.65. The molecule has 3 heterocycles. The van der Waals surface area contributed by atoms with Crippen molar-refractivity contribution in [1.82, 2.24) is 9.55 Å².